The van der Waals surface area contributed by atoms with Gasteiger partial charge in [-0.15, -0.1) is 0 Å². The number of nitro groups is 1. The van der Waals surface area contributed by atoms with Crippen LogP contribution in [0.5, 0.6) is 0 Å². The molecule has 0 saturated heterocycles. The van der Waals surface area contributed by atoms with Crippen molar-refractivity contribution in [1.29, 1.82) is 5.26 Å². The number of nitrogens with one attached hydrogen (secondary N) is 1. The van der Waals surface area contributed by atoms with Gasteiger partial charge >= 0.3 is 0 Å². The van der Waals surface area contributed by atoms with Crippen LogP contribution in [0.1, 0.15) is 23.1 Å². The fourth-order valence-corrected chi connectivity index (χ4v) is 1.86. The van der Waals surface area contributed by atoms with Gasteiger partial charge in [0.25, 0.3) is 11.6 Å². The Bertz CT molecular complexity index is 745. The Labute approximate surface area is 119 Å². The lowest BCUT2D eigenvalue weighted by Gasteiger charge is -2.08. The molecule has 0 unspecified atom stereocenters. The second-order valence-corrected chi connectivity index (χ2v) is 4.05. The second-order valence-electron chi connectivity index (χ2n) is 4.05. The summed E-state index contributed by atoms with van der Waals surface area (Å²) in [4.78, 5) is 26.2. The third-order valence-electron chi connectivity index (χ3n) is 2.77. The van der Waals surface area contributed by atoms with Crippen molar-refractivity contribution in [2.24, 2.45) is 0 Å². The number of hydrogen-bond acceptors (Lipinski definition) is 5. The van der Waals surface area contributed by atoms with Crippen LogP contribution in [0.3, 0.4) is 0 Å². The number of carbonyl (C=O) groups excluding carboxylic acids is 1. The molecule has 0 aliphatic rings. The molecule has 0 bridgehead atoms. The fraction of sp³-hybridized carbons (Fsp3) is 0.154. The van der Waals surface area contributed by atoms with Crippen LogP contribution in [0.25, 0.3) is 5.69 Å². The summed E-state index contributed by atoms with van der Waals surface area (Å²) < 4.78 is 1.28. The molecule has 0 aliphatic heterocycles. The molecular formula is C13H11N5O3. The Morgan fingerprint density at radius 2 is 2.33 bits per heavy atom. The zero-order valence-electron chi connectivity index (χ0n) is 11.1. The minimum Gasteiger partial charge on any atom is -0.352 e. The summed E-state index contributed by atoms with van der Waals surface area (Å²) in [6, 6.07) is 5.82. The van der Waals surface area contributed by atoms with Gasteiger partial charge in [-0.25, -0.2) is 4.98 Å². The lowest BCUT2D eigenvalue weighted by Crippen LogP contribution is -2.22. The number of nitro benzene ring substituents is 1. The lowest BCUT2D eigenvalue weighted by atomic mass is 10.1. The Kier molecular flexibility index (Phi) is 3.95. The molecule has 0 fully saturated rings. The van der Waals surface area contributed by atoms with Crippen LogP contribution in [-0.4, -0.2) is 26.9 Å². The smallest absolute Gasteiger partial charge is 0.293 e. The first kappa shape index (κ1) is 14.2. The highest BCUT2D eigenvalue weighted by molar-refractivity contribution is 5.95. The molecular weight excluding hydrogens is 274 g/mol. The van der Waals surface area contributed by atoms with Crippen molar-refractivity contribution in [3.05, 3.63) is 52.1 Å². The van der Waals surface area contributed by atoms with Gasteiger partial charge in [0, 0.05) is 30.6 Å². The van der Waals surface area contributed by atoms with Gasteiger partial charge in [-0.1, -0.05) is 0 Å². The number of carbonyl (C=O) groups is 1. The fourth-order valence-electron chi connectivity index (χ4n) is 1.86. The summed E-state index contributed by atoms with van der Waals surface area (Å²) in [6.45, 7) is 2.22. The number of nitrogens with zero attached hydrogens (tertiary/aromatic N) is 4. The first-order chi connectivity index (χ1) is 10.1. The van der Waals surface area contributed by atoms with Gasteiger partial charge in [-0.05, 0) is 19.1 Å². The molecule has 8 heteroatoms. The number of imidazole rings is 1. The van der Waals surface area contributed by atoms with Crippen molar-refractivity contribution in [2.75, 3.05) is 6.54 Å². The molecule has 0 spiro atoms. The molecule has 1 aromatic carbocycles. The Balaban J connectivity index is 2.61. The monoisotopic (exact) mass is 285 g/mol. The van der Waals surface area contributed by atoms with Crippen molar-refractivity contribution in [2.45, 2.75) is 6.92 Å². The second kappa shape index (κ2) is 5.83. The first-order valence-corrected chi connectivity index (χ1v) is 6.09. The maximum Gasteiger partial charge on any atom is 0.293 e. The summed E-state index contributed by atoms with van der Waals surface area (Å²) in [5.74, 6) is -0.335. The number of amides is 1. The maximum atomic E-state index is 11.8. The highest BCUT2D eigenvalue weighted by atomic mass is 16.6. The van der Waals surface area contributed by atoms with Gasteiger partial charge in [-0.3, -0.25) is 19.5 Å². The Morgan fingerprint density at radius 1 is 1.57 bits per heavy atom. The quantitative estimate of drug-likeness (QED) is 0.673. The summed E-state index contributed by atoms with van der Waals surface area (Å²) in [6.07, 6.45) is 2.80. The molecule has 21 heavy (non-hydrogen) atoms. The minimum absolute atomic E-state index is 0.00569. The van der Waals surface area contributed by atoms with E-state index in [-0.39, 0.29) is 28.7 Å². The molecule has 0 radical (unpaired) electrons. The molecule has 1 N–H and O–H groups in total. The van der Waals surface area contributed by atoms with E-state index in [0.717, 1.165) is 0 Å². The third-order valence-corrected chi connectivity index (χ3v) is 2.77. The SMILES string of the molecule is CCNC(=O)c1ccc([N+](=O)[O-])c(-n2ccnc2C#N)c1. The van der Waals surface area contributed by atoms with Crippen LogP contribution in [0.4, 0.5) is 5.69 Å². The standard InChI is InChI=1S/C13H11N5O3/c1-2-15-13(19)9-3-4-10(18(20)21)11(7-9)17-6-5-16-12(17)8-14/h3-7H,2H2,1H3,(H,15,19). The van der Waals surface area contributed by atoms with Crippen LogP contribution in [0, 0.1) is 21.4 Å². The number of nitriles is 1. The van der Waals surface area contributed by atoms with E-state index in [1.807, 2.05) is 6.07 Å². The molecule has 1 heterocycles. The van der Waals surface area contributed by atoms with E-state index in [0.29, 0.717) is 6.54 Å². The van der Waals surface area contributed by atoms with E-state index in [2.05, 4.69) is 10.3 Å². The van der Waals surface area contributed by atoms with Gasteiger partial charge in [0.2, 0.25) is 5.82 Å². The Morgan fingerprint density at radius 3 is 2.95 bits per heavy atom. The van der Waals surface area contributed by atoms with Crippen molar-refractivity contribution >= 4 is 11.6 Å². The molecule has 2 aromatic rings. The largest absolute Gasteiger partial charge is 0.352 e. The van der Waals surface area contributed by atoms with Crippen LogP contribution in [0.2, 0.25) is 0 Å². The van der Waals surface area contributed by atoms with Gasteiger partial charge in [0.05, 0.1) is 4.92 Å². The zero-order valence-corrected chi connectivity index (χ0v) is 11.1. The van der Waals surface area contributed by atoms with Crippen molar-refractivity contribution in [3.8, 4) is 11.8 Å². The maximum absolute atomic E-state index is 11.8. The highest BCUT2D eigenvalue weighted by Gasteiger charge is 2.20. The predicted octanol–water partition coefficient (Wildman–Crippen LogP) is 1.40. The van der Waals surface area contributed by atoms with Crippen LogP contribution < -0.4 is 5.32 Å². The predicted molar refractivity (Wildman–Crippen MR) is 72.9 cm³/mol. The first-order valence-electron chi connectivity index (χ1n) is 6.09. The summed E-state index contributed by atoms with van der Waals surface area (Å²) in [5.41, 5.74) is 0.186. The van der Waals surface area contributed by atoms with E-state index in [4.69, 9.17) is 5.26 Å². The molecule has 8 nitrogen and oxygen atoms in total. The zero-order chi connectivity index (χ0) is 15.4. The topological polar surface area (TPSA) is 114 Å². The Hall–Kier alpha value is -3.21. The molecule has 1 amide bonds. The minimum atomic E-state index is -0.571. The normalized spacial score (nSPS) is 9.90. The van der Waals surface area contributed by atoms with E-state index in [1.54, 1.807) is 6.92 Å². The van der Waals surface area contributed by atoms with Crippen LogP contribution in [-0.2, 0) is 0 Å². The van der Waals surface area contributed by atoms with Crippen molar-refractivity contribution < 1.29 is 9.72 Å². The van der Waals surface area contributed by atoms with Gasteiger partial charge < -0.3 is 5.32 Å². The summed E-state index contributed by atoms with van der Waals surface area (Å²) >= 11 is 0. The van der Waals surface area contributed by atoms with E-state index in [9.17, 15) is 14.9 Å². The van der Waals surface area contributed by atoms with Crippen molar-refractivity contribution in [1.82, 2.24) is 14.9 Å². The molecule has 2 rings (SSSR count). The molecule has 0 atom stereocenters. The number of benzene rings is 1. The summed E-state index contributed by atoms with van der Waals surface area (Å²) in [7, 11) is 0. The molecule has 1 aromatic heterocycles. The van der Waals surface area contributed by atoms with Gasteiger partial charge in [0.1, 0.15) is 11.8 Å². The van der Waals surface area contributed by atoms with Crippen LogP contribution in [0.15, 0.2) is 30.6 Å². The average molecular weight is 285 g/mol. The number of hydrogen-bond donors (Lipinski definition) is 1. The average Bonchev–Trinajstić information content (AvgIpc) is 2.95. The van der Waals surface area contributed by atoms with Gasteiger partial charge in [0.15, 0.2) is 0 Å². The van der Waals surface area contributed by atoms with Crippen molar-refractivity contribution in [3.63, 3.8) is 0 Å². The lowest BCUT2D eigenvalue weighted by molar-refractivity contribution is -0.384. The molecule has 0 aliphatic carbocycles. The highest BCUT2D eigenvalue weighted by Crippen LogP contribution is 2.25. The van der Waals surface area contributed by atoms with E-state index >= 15 is 0 Å². The number of aromatic nitrogens is 2. The van der Waals surface area contributed by atoms with Crippen LogP contribution >= 0.6 is 0 Å². The number of rotatable bonds is 4. The summed E-state index contributed by atoms with van der Waals surface area (Å²) in [5, 5.41) is 22.7. The van der Waals surface area contributed by atoms with E-state index < -0.39 is 4.92 Å². The van der Waals surface area contributed by atoms with Gasteiger partial charge in [-0.2, -0.15) is 5.26 Å². The van der Waals surface area contributed by atoms with E-state index in [1.165, 1.54) is 35.2 Å². The third kappa shape index (κ3) is 2.71. The molecule has 106 valence electrons. The molecule has 0 saturated carbocycles.